The second kappa shape index (κ2) is 6.40. The zero-order valence-electron chi connectivity index (χ0n) is 12.3. The molecule has 0 bridgehead atoms. The van der Waals surface area contributed by atoms with Crippen LogP contribution in [-0.4, -0.2) is 36.4 Å². The van der Waals surface area contributed by atoms with Crippen LogP contribution in [0.15, 0.2) is 24.3 Å². The summed E-state index contributed by atoms with van der Waals surface area (Å²) in [6.45, 7) is 7.82. The summed E-state index contributed by atoms with van der Waals surface area (Å²) in [5, 5.41) is 13.5. The van der Waals surface area contributed by atoms with Gasteiger partial charge in [-0.25, -0.2) is 0 Å². The van der Waals surface area contributed by atoms with Gasteiger partial charge in [0, 0.05) is 30.9 Å². The summed E-state index contributed by atoms with van der Waals surface area (Å²) in [5.41, 5.74) is 2.70. The molecule has 0 aliphatic carbocycles. The van der Waals surface area contributed by atoms with E-state index < -0.39 is 0 Å². The molecule has 1 aliphatic heterocycles. The van der Waals surface area contributed by atoms with E-state index in [0.717, 1.165) is 6.42 Å². The molecule has 0 aromatic heterocycles. The van der Waals surface area contributed by atoms with Gasteiger partial charge >= 0.3 is 0 Å². The zero-order chi connectivity index (χ0) is 13.8. The fourth-order valence-electron chi connectivity index (χ4n) is 2.70. The van der Waals surface area contributed by atoms with Crippen LogP contribution in [0.2, 0.25) is 0 Å². The zero-order valence-corrected chi connectivity index (χ0v) is 12.3. The minimum Gasteiger partial charge on any atom is -0.390 e. The maximum absolute atomic E-state index is 10.2. The van der Waals surface area contributed by atoms with Crippen molar-refractivity contribution >= 4 is 5.69 Å². The van der Waals surface area contributed by atoms with E-state index in [-0.39, 0.29) is 6.10 Å². The molecule has 2 rings (SSSR count). The van der Waals surface area contributed by atoms with Gasteiger partial charge in [0.15, 0.2) is 0 Å². The third-order valence-electron chi connectivity index (χ3n) is 3.83. The number of fused-ring (bicyclic) bond motifs is 1. The Labute approximate surface area is 116 Å². The van der Waals surface area contributed by atoms with Crippen LogP contribution >= 0.6 is 0 Å². The predicted molar refractivity (Wildman–Crippen MR) is 80.7 cm³/mol. The van der Waals surface area contributed by atoms with Crippen molar-refractivity contribution in [3.05, 3.63) is 29.8 Å². The SMILES string of the molecule is CC(C)NCC(O)CN1c2ccccc2CCC1C. The quantitative estimate of drug-likeness (QED) is 0.854. The number of para-hydroxylation sites is 1. The van der Waals surface area contributed by atoms with Crippen LogP contribution in [0, 0.1) is 0 Å². The van der Waals surface area contributed by atoms with Crippen molar-refractivity contribution in [2.45, 2.75) is 51.8 Å². The highest BCUT2D eigenvalue weighted by molar-refractivity contribution is 5.56. The topological polar surface area (TPSA) is 35.5 Å². The average molecular weight is 262 g/mol. The third kappa shape index (κ3) is 3.71. The number of nitrogens with zero attached hydrogens (tertiary/aromatic N) is 1. The Hall–Kier alpha value is -1.06. The van der Waals surface area contributed by atoms with Crippen LogP contribution in [0.25, 0.3) is 0 Å². The van der Waals surface area contributed by atoms with E-state index in [9.17, 15) is 5.11 Å². The van der Waals surface area contributed by atoms with Crippen molar-refractivity contribution in [2.75, 3.05) is 18.0 Å². The molecule has 2 unspecified atom stereocenters. The van der Waals surface area contributed by atoms with Gasteiger partial charge in [-0.1, -0.05) is 32.0 Å². The molecule has 1 aliphatic rings. The first-order valence-corrected chi connectivity index (χ1v) is 7.34. The van der Waals surface area contributed by atoms with Gasteiger partial charge < -0.3 is 15.3 Å². The number of aliphatic hydroxyl groups excluding tert-OH is 1. The standard InChI is InChI=1S/C16H26N2O/c1-12(2)17-10-15(19)11-18-13(3)8-9-14-6-4-5-7-16(14)18/h4-7,12-13,15,17,19H,8-11H2,1-3H3. The van der Waals surface area contributed by atoms with Gasteiger partial charge in [0.2, 0.25) is 0 Å². The number of benzene rings is 1. The minimum absolute atomic E-state index is 0.323. The van der Waals surface area contributed by atoms with Crippen molar-refractivity contribution in [1.82, 2.24) is 5.32 Å². The lowest BCUT2D eigenvalue weighted by Crippen LogP contribution is -2.45. The molecule has 2 atom stereocenters. The molecule has 1 aromatic carbocycles. The van der Waals surface area contributed by atoms with Crippen molar-refractivity contribution in [1.29, 1.82) is 0 Å². The smallest absolute Gasteiger partial charge is 0.0839 e. The first-order valence-electron chi connectivity index (χ1n) is 7.34. The predicted octanol–water partition coefficient (Wildman–Crippen LogP) is 2.19. The highest BCUT2D eigenvalue weighted by Crippen LogP contribution is 2.30. The fraction of sp³-hybridized carbons (Fsp3) is 0.625. The Morgan fingerprint density at radius 3 is 2.84 bits per heavy atom. The van der Waals surface area contributed by atoms with Crippen LogP contribution in [-0.2, 0) is 6.42 Å². The second-order valence-electron chi connectivity index (χ2n) is 5.89. The Balaban J connectivity index is 2.02. The lowest BCUT2D eigenvalue weighted by molar-refractivity contribution is 0.170. The number of hydrogen-bond donors (Lipinski definition) is 2. The maximum Gasteiger partial charge on any atom is 0.0839 e. The molecular formula is C16H26N2O. The van der Waals surface area contributed by atoms with Gasteiger partial charge in [0.1, 0.15) is 0 Å². The van der Waals surface area contributed by atoms with Crippen LogP contribution in [0.1, 0.15) is 32.8 Å². The summed E-state index contributed by atoms with van der Waals surface area (Å²) in [6, 6.07) is 9.48. The van der Waals surface area contributed by atoms with E-state index in [1.807, 2.05) is 0 Å². The summed E-state index contributed by atoms with van der Waals surface area (Å²) in [6.07, 6.45) is 1.99. The van der Waals surface area contributed by atoms with Gasteiger partial charge in [-0.3, -0.25) is 0 Å². The summed E-state index contributed by atoms with van der Waals surface area (Å²) >= 11 is 0. The van der Waals surface area contributed by atoms with E-state index in [4.69, 9.17) is 0 Å². The van der Waals surface area contributed by atoms with E-state index >= 15 is 0 Å². The number of β-amino-alcohol motifs (C(OH)–C–C–N with tert-alkyl or cyclic N) is 1. The average Bonchev–Trinajstić information content (AvgIpc) is 2.40. The number of hydrogen-bond acceptors (Lipinski definition) is 3. The molecular weight excluding hydrogens is 236 g/mol. The Morgan fingerprint density at radius 2 is 2.11 bits per heavy atom. The van der Waals surface area contributed by atoms with Crippen LogP contribution < -0.4 is 10.2 Å². The molecule has 106 valence electrons. The molecule has 0 radical (unpaired) electrons. The second-order valence-corrected chi connectivity index (χ2v) is 5.89. The molecule has 2 N–H and O–H groups in total. The largest absolute Gasteiger partial charge is 0.390 e. The maximum atomic E-state index is 10.2. The summed E-state index contributed by atoms with van der Waals surface area (Å²) in [5.74, 6) is 0. The number of nitrogens with one attached hydrogen (secondary N) is 1. The number of rotatable bonds is 5. The van der Waals surface area contributed by atoms with Gasteiger partial charge in [-0.2, -0.15) is 0 Å². The molecule has 1 aromatic rings. The first-order chi connectivity index (χ1) is 9.08. The molecule has 0 saturated heterocycles. The molecule has 0 amide bonds. The van der Waals surface area contributed by atoms with Crippen LogP contribution in [0.3, 0.4) is 0 Å². The summed E-state index contributed by atoms with van der Waals surface area (Å²) in [7, 11) is 0. The molecule has 0 spiro atoms. The van der Waals surface area contributed by atoms with Gasteiger partial charge in [0.05, 0.1) is 6.10 Å². The third-order valence-corrected chi connectivity index (χ3v) is 3.83. The minimum atomic E-state index is -0.323. The fourth-order valence-corrected chi connectivity index (χ4v) is 2.70. The highest BCUT2D eigenvalue weighted by atomic mass is 16.3. The summed E-state index contributed by atoms with van der Waals surface area (Å²) < 4.78 is 0. The summed E-state index contributed by atoms with van der Waals surface area (Å²) in [4.78, 5) is 2.35. The van der Waals surface area contributed by atoms with E-state index in [1.165, 1.54) is 17.7 Å². The Kier molecular flexibility index (Phi) is 4.83. The highest BCUT2D eigenvalue weighted by Gasteiger charge is 2.24. The Bertz CT molecular complexity index is 405. The van der Waals surface area contributed by atoms with Crippen molar-refractivity contribution in [2.24, 2.45) is 0 Å². The van der Waals surface area contributed by atoms with Gasteiger partial charge in [0.25, 0.3) is 0 Å². The van der Waals surface area contributed by atoms with Gasteiger partial charge in [-0.15, -0.1) is 0 Å². The van der Waals surface area contributed by atoms with Crippen LogP contribution in [0.5, 0.6) is 0 Å². The molecule has 1 heterocycles. The first kappa shape index (κ1) is 14.4. The van der Waals surface area contributed by atoms with Crippen molar-refractivity contribution in [3.8, 4) is 0 Å². The number of anilines is 1. The van der Waals surface area contributed by atoms with Crippen molar-refractivity contribution < 1.29 is 5.11 Å². The van der Waals surface area contributed by atoms with Crippen molar-refractivity contribution in [3.63, 3.8) is 0 Å². The molecule has 3 heteroatoms. The molecule has 19 heavy (non-hydrogen) atoms. The van der Waals surface area contributed by atoms with E-state index in [0.29, 0.717) is 25.2 Å². The normalized spacial score (nSPS) is 20.5. The lowest BCUT2D eigenvalue weighted by atomic mass is 9.96. The monoisotopic (exact) mass is 262 g/mol. The Morgan fingerprint density at radius 1 is 1.37 bits per heavy atom. The molecule has 3 nitrogen and oxygen atoms in total. The van der Waals surface area contributed by atoms with E-state index in [1.54, 1.807) is 0 Å². The molecule has 0 fully saturated rings. The van der Waals surface area contributed by atoms with Gasteiger partial charge in [-0.05, 0) is 31.4 Å². The van der Waals surface area contributed by atoms with Crippen LogP contribution in [0.4, 0.5) is 5.69 Å². The lowest BCUT2D eigenvalue weighted by Gasteiger charge is -2.38. The molecule has 0 saturated carbocycles. The van der Waals surface area contributed by atoms with E-state index in [2.05, 4.69) is 55.3 Å². The number of aliphatic hydroxyl groups is 1. The number of aryl methyl sites for hydroxylation is 1.